The summed E-state index contributed by atoms with van der Waals surface area (Å²) in [4.78, 5) is 38.1. The largest absolute Gasteiger partial charge is 0.497 e. The molecule has 0 aliphatic carbocycles. The molecule has 3 amide bonds. The molecule has 170 valence electrons. The molecule has 0 bridgehead atoms. The summed E-state index contributed by atoms with van der Waals surface area (Å²) in [5, 5.41) is 14.7. The van der Waals surface area contributed by atoms with Crippen LogP contribution in [0, 0.1) is 5.92 Å². The van der Waals surface area contributed by atoms with Gasteiger partial charge < -0.3 is 30.1 Å². The number of rotatable bonds is 9. The van der Waals surface area contributed by atoms with Gasteiger partial charge in [-0.25, -0.2) is 0 Å². The first kappa shape index (κ1) is 23.1. The van der Waals surface area contributed by atoms with Crippen LogP contribution in [0.2, 0.25) is 0 Å². The molecule has 2 aromatic rings. The Kier molecular flexibility index (Phi) is 7.67. The Morgan fingerprint density at radius 1 is 1.12 bits per heavy atom. The molecule has 0 unspecified atom stereocenters. The zero-order chi connectivity index (χ0) is 23.1. The Balaban J connectivity index is 1.49. The molecule has 0 saturated carbocycles. The maximum absolute atomic E-state index is 12.3. The van der Waals surface area contributed by atoms with Crippen LogP contribution in [0.1, 0.15) is 13.3 Å². The number of ether oxygens (including phenoxy) is 2. The van der Waals surface area contributed by atoms with Gasteiger partial charge in [0, 0.05) is 30.9 Å². The van der Waals surface area contributed by atoms with Gasteiger partial charge >= 0.3 is 0 Å². The van der Waals surface area contributed by atoms with Gasteiger partial charge in [-0.3, -0.25) is 14.4 Å². The Morgan fingerprint density at radius 2 is 1.78 bits per heavy atom. The molecule has 1 saturated heterocycles. The van der Waals surface area contributed by atoms with E-state index < -0.39 is 12.0 Å². The number of nitrogens with one attached hydrogen (secondary N) is 2. The third-order valence-corrected chi connectivity index (χ3v) is 4.96. The van der Waals surface area contributed by atoms with Gasteiger partial charge in [-0.15, -0.1) is 0 Å². The van der Waals surface area contributed by atoms with Crippen LogP contribution in [0.3, 0.4) is 0 Å². The van der Waals surface area contributed by atoms with E-state index in [2.05, 4.69) is 10.6 Å². The molecule has 9 nitrogen and oxygen atoms in total. The Labute approximate surface area is 186 Å². The van der Waals surface area contributed by atoms with Crippen molar-refractivity contribution in [1.29, 1.82) is 0 Å². The lowest BCUT2D eigenvalue weighted by molar-refractivity contribution is -0.126. The van der Waals surface area contributed by atoms with Crippen LogP contribution in [0.25, 0.3) is 0 Å². The SMILES string of the molecule is COc1ccc(NC(=O)COc2ccc(N3C[C@@H](C(=O)NC[C@H](C)O)CC3=O)cc2)cc1. The number of carbonyl (C=O) groups is 3. The highest BCUT2D eigenvalue weighted by Gasteiger charge is 2.35. The lowest BCUT2D eigenvalue weighted by Crippen LogP contribution is -2.36. The lowest BCUT2D eigenvalue weighted by atomic mass is 10.1. The summed E-state index contributed by atoms with van der Waals surface area (Å²) in [5.41, 5.74) is 1.28. The number of carbonyl (C=O) groups excluding carboxylic acids is 3. The number of hydrogen-bond donors (Lipinski definition) is 3. The van der Waals surface area contributed by atoms with E-state index in [0.29, 0.717) is 22.9 Å². The van der Waals surface area contributed by atoms with Crippen LogP contribution < -0.4 is 25.0 Å². The number of nitrogens with zero attached hydrogens (tertiary/aromatic N) is 1. The zero-order valence-corrected chi connectivity index (χ0v) is 18.0. The summed E-state index contributed by atoms with van der Waals surface area (Å²) in [6, 6.07) is 13.7. The molecule has 32 heavy (non-hydrogen) atoms. The molecule has 3 N–H and O–H groups in total. The van der Waals surface area contributed by atoms with Crippen molar-refractivity contribution in [2.24, 2.45) is 5.92 Å². The fraction of sp³-hybridized carbons (Fsp3) is 0.348. The molecule has 2 aromatic carbocycles. The highest BCUT2D eigenvalue weighted by atomic mass is 16.5. The fourth-order valence-electron chi connectivity index (χ4n) is 3.27. The number of methoxy groups -OCH3 is 1. The van der Waals surface area contributed by atoms with Crippen LogP contribution in [0.4, 0.5) is 11.4 Å². The third kappa shape index (κ3) is 6.21. The molecule has 1 heterocycles. The van der Waals surface area contributed by atoms with Gasteiger partial charge in [0.2, 0.25) is 11.8 Å². The summed E-state index contributed by atoms with van der Waals surface area (Å²) in [6.07, 6.45) is -0.520. The van der Waals surface area contributed by atoms with Crippen LogP contribution in [0.5, 0.6) is 11.5 Å². The van der Waals surface area contributed by atoms with E-state index in [1.54, 1.807) is 67.5 Å². The normalized spacial score (nSPS) is 16.4. The van der Waals surface area contributed by atoms with E-state index in [1.165, 1.54) is 0 Å². The Morgan fingerprint density at radius 3 is 2.41 bits per heavy atom. The molecule has 1 aliphatic rings. The van der Waals surface area contributed by atoms with Gasteiger partial charge in [-0.05, 0) is 55.5 Å². The van der Waals surface area contributed by atoms with Gasteiger partial charge in [0.1, 0.15) is 11.5 Å². The molecule has 0 radical (unpaired) electrons. The number of aliphatic hydroxyl groups excluding tert-OH is 1. The maximum atomic E-state index is 12.3. The van der Waals surface area contributed by atoms with Gasteiger partial charge in [0.15, 0.2) is 6.61 Å². The minimum atomic E-state index is -0.641. The second kappa shape index (κ2) is 10.6. The highest BCUT2D eigenvalue weighted by Crippen LogP contribution is 2.27. The summed E-state index contributed by atoms with van der Waals surface area (Å²) < 4.78 is 10.6. The molecule has 1 aliphatic heterocycles. The van der Waals surface area contributed by atoms with Crippen molar-refractivity contribution in [2.45, 2.75) is 19.4 Å². The predicted octanol–water partition coefficient (Wildman–Crippen LogP) is 1.56. The first-order valence-corrected chi connectivity index (χ1v) is 10.3. The number of aliphatic hydroxyl groups is 1. The van der Waals surface area contributed by atoms with Crippen molar-refractivity contribution >= 4 is 29.1 Å². The monoisotopic (exact) mass is 441 g/mol. The molecular weight excluding hydrogens is 414 g/mol. The average molecular weight is 441 g/mol. The van der Waals surface area contributed by atoms with Gasteiger partial charge in [-0.1, -0.05) is 0 Å². The smallest absolute Gasteiger partial charge is 0.262 e. The van der Waals surface area contributed by atoms with E-state index >= 15 is 0 Å². The van der Waals surface area contributed by atoms with E-state index in [4.69, 9.17) is 9.47 Å². The maximum Gasteiger partial charge on any atom is 0.262 e. The van der Waals surface area contributed by atoms with Crippen LogP contribution in [0.15, 0.2) is 48.5 Å². The summed E-state index contributed by atoms with van der Waals surface area (Å²) in [5.74, 6) is 0.0252. The third-order valence-electron chi connectivity index (χ3n) is 4.96. The lowest BCUT2D eigenvalue weighted by Gasteiger charge is -2.17. The Hall–Kier alpha value is -3.59. The van der Waals surface area contributed by atoms with Crippen molar-refractivity contribution in [3.63, 3.8) is 0 Å². The number of anilines is 2. The topological polar surface area (TPSA) is 117 Å². The van der Waals surface area contributed by atoms with Gasteiger partial charge in [0.05, 0.1) is 19.1 Å². The predicted molar refractivity (Wildman–Crippen MR) is 119 cm³/mol. The highest BCUT2D eigenvalue weighted by molar-refractivity contribution is 6.00. The van der Waals surface area contributed by atoms with E-state index in [9.17, 15) is 19.5 Å². The molecule has 1 fully saturated rings. The standard InChI is InChI=1S/C23H27N3O6/c1-15(27)12-24-23(30)16-11-22(29)26(13-16)18-5-9-20(10-6-18)32-14-21(28)25-17-3-7-19(31-2)8-4-17/h3-10,15-16,27H,11-14H2,1-2H3,(H,24,30)(H,25,28)/t15-,16-/m0/s1. The summed E-state index contributed by atoms with van der Waals surface area (Å²) >= 11 is 0. The van der Waals surface area contributed by atoms with Crippen LogP contribution >= 0.6 is 0 Å². The van der Waals surface area contributed by atoms with Crippen molar-refractivity contribution in [3.05, 3.63) is 48.5 Å². The second-order valence-corrected chi connectivity index (χ2v) is 7.56. The summed E-state index contributed by atoms with van der Waals surface area (Å²) in [7, 11) is 1.57. The molecule has 3 rings (SSSR count). The van der Waals surface area contributed by atoms with Gasteiger partial charge in [0.25, 0.3) is 5.91 Å². The molecular formula is C23H27N3O6. The van der Waals surface area contributed by atoms with Gasteiger partial charge in [-0.2, -0.15) is 0 Å². The minimum Gasteiger partial charge on any atom is -0.497 e. The molecule has 9 heteroatoms. The Bertz CT molecular complexity index is 943. The van der Waals surface area contributed by atoms with Crippen LogP contribution in [-0.4, -0.2) is 55.7 Å². The van der Waals surface area contributed by atoms with Crippen molar-refractivity contribution < 1.29 is 29.0 Å². The van der Waals surface area contributed by atoms with Crippen molar-refractivity contribution in [1.82, 2.24) is 5.32 Å². The minimum absolute atomic E-state index is 0.120. The number of benzene rings is 2. The van der Waals surface area contributed by atoms with Crippen molar-refractivity contribution in [3.8, 4) is 11.5 Å². The second-order valence-electron chi connectivity index (χ2n) is 7.56. The number of amides is 3. The zero-order valence-electron chi connectivity index (χ0n) is 18.0. The quantitative estimate of drug-likeness (QED) is 0.544. The van der Waals surface area contributed by atoms with Crippen LogP contribution in [-0.2, 0) is 14.4 Å². The average Bonchev–Trinajstić information content (AvgIpc) is 3.18. The van der Waals surface area contributed by atoms with E-state index in [-0.39, 0.29) is 43.8 Å². The molecule has 0 aromatic heterocycles. The number of hydrogen-bond acceptors (Lipinski definition) is 6. The van der Waals surface area contributed by atoms with Crippen molar-refractivity contribution in [2.75, 3.05) is 37.0 Å². The fourth-order valence-corrected chi connectivity index (χ4v) is 3.27. The van der Waals surface area contributed by atoms with E-state index in [1.807, 2.05) is 0 Å². The van der Waals surface area contributed by atoms with E-state index in [0.717, 1.165) is 0 Å². The summed E-state index contributed by atoms with van der Waals surface area (Å²) in [6.45, 7) is 1.84. The first-order chi connectivity index (χ1) is 15.4. The molecule has 0 spiro atoms. The first-order valence-electron chi connectivity index (χ1n) is 10.3. The molecule has 2 atom stereocenters.